The van der Waals surface area contributed by atoms with E-state index in [1.807, 2.05) is 13.8 Å². The Balaban J connectivity index is 1.94. The lowest BCUT2D eigenvalue weighted by molar-refractivity contribution is 0.0506. The SMILES string of the molecule is CCn1c(C)c(C(=O)CN(CC2CCCO2)C(=O)c2cccc(OC)c2)c(C)c1C(=O)OC. The second kappa shape index (κ2) is 10.7. The number of aromatic nitrogens is 1. The molecule has 0 radical (unpaired) electrons. The Morgan fingerprint density at radius 1 is 1.21 bits per heavy atom. The minimum Gasteiger partial charge on any atom is -0.497 e. The third-order valence-electron chi connectivity index (χ3n) is 6.13. The summed E-state index contributed by atoms with van der Waals surface area (Å²) in [6.07, 6.45) is 1.66. The summed E-state index contributed by atoms with van der Waals surface area (Å²) in [7, 11) is 2.86. The van der Waals surface area contributed by atoms with Gasteiger partial charge in [-0.25, -0.2) is 4.79 Å². The lowest BCUT2D eigenvalue weighted by Crippen LogP contribution is -2.41. The Morgan fingerprint density at radius 2 is 1.97 bits per heavy atom. The third-order valence-corrected chi connectivity index (χ3v) is 6.13. The Kier molecular flexibility index (Phi) is 7.92. The lowest BCUT2D eigenvalue weighted by Gasteiger charge is -2.25. The van der Waals surface area contributed by atoms with Crippen LogP contribution in [0, 0.1) is 13.8 Å². The van der Waals surface area contributed by atoms with Crippen molar-refractivity contribution in [3.05, 3.63) is 52.3 Å². The predicted molar refractivity (Wildman–Crippen MR) is 123 cm³/mol. The van der Waals surface area contributed by atoms with Crippen LogP contribution in [0.15, 0.2) is 24.3 Å². The van der Waals surface area contributed by atoms with E-state index >= 15 is 0 Å². The summed E-state index contributed by atoms with van der Waals surface area (Å²) in [6.45, 7) is 6.83. The minimum atomic E-state index is -0.486. The molecule has 8 heteroatoms. The number of carbonyl (C=O) groups is 3. The van der Waals surface area contributed by atoms with Crippen LogP contribution in [0.2, 0.25) is 0 Å². The van der Waals surface area contributed by atoms with Crippen LogP contribution >= 0.6 is 0 Å². The van der Waals surface area contributed by atoms with E-state index in [1.165, 1.54) is 12.0 Å². The lowest BCUT2D eigenvalue weighted by atomic mass is 10.0. The number of amides is 1. The summed E-state index contributed by atoms with van der Waals surface area (Å²) in [5, 5.41) is 0. The molecule has 33 heavy (non-hydrogen) atoms. The molecule has 2 aromatic rings. The highest BCUT2D eigenvalue weighted by Gasteiger charge is 2.30. The molecule has 0 spiro atoms. The van der Waals surface area contributed by atoms with Crippen molar-refractivity contribution in [2.45, 2.75) is 46.3 Å². The molecule has 1 atom stereocenters. The standard InChI is InChI=1S/C25H32N2O6/c1-6-27-17(3)22(16(2)23(27)25(30)32-5)21(28)15-26(14-20-11-8-12-33-20)24(29)18-9-7-10-19(13-18)31-4/h7,9-10,13,20H,6,8,11-12,14-15H2,1-5H3. The normalized spacial score (nSPS) is 15.4. The Hall–Kier alpha value is -3.13. The summed E-state index contributed by atoms with van der Waals surface area (Å²) < 4.78 is 17.7. The quantitative estimate of drug-likeness (QED) is 0.424. The van der Waals surface area contributed by atoms with Crippen molar-refractivity contribution in [2.24, 2.45) is 0 Å². The van der Waals surface area contributed by atoms with Gasteiger partial charge in [0.05, 0.1) is 26.9 Å². The zero-order valence-corrected chi connectivity index (χ0v) is 20.0. The van der Waals surface area contributed by atoms with E-state index < -0.39 is 5.97 Å². The van der Waals surface area contributed by atoms with Crippen LogP contribution in [0.3, 0.4) is 0 Å². The van der Waals surface area contributed by atoms with Crippen molar-refractivity contribution in [3.63, 3.8) is 0 Å². The number of esters is 1. The minimum absolute atomic E-state index is 0.111. The first kappa shape index (κ1) is 24.5. The van der Waals surface area contributed by atoms with Gasteiger partial charge in [-0.3, -0.25) is 9.59 Å². The molecule has 1 aliphatic heterocycles. The number of carbonyl (C=O) groups excluding carboxylic acids is 3. The number of Topliss-reactive ketones (excluding diaryl/α,β-unsaturated/α-hetero) is 1. The molecule has 1 amide bonds. The Morgan fingerprint density at radius 3 is 2.58 bits per heavy atom. The third kappa shape index (κ3) is 5.11. The molecule has 8 nitrogen and oxygen atoms in total. The van der Waals surface area contributed by atoms with Crippen molar-refractivity contribution >= 4 is 17.7 Å². The van der Waals surface area contributed by atoms with Crippen LogP contribution in [0.5, 0.6) is 5.75 Å². The average molecular weight is 457 g/mol. The molecule has 178 valence electrons. The average Bonchev–Trinajstić information content (AvgIpc) is 3.42. The first-order valence-electron chi connectivity index (χ1n) is 11.2. The molecule has 0 bridgehead atoms. The van der Waals surface area contributed by atoms with Crippen molar-refractivity contribution in [3.8, 4) is 5.75 Å². The van der Waals surface area contributed by atoms with E-state index in [4.69, 9.17) is 14.2 Å². The van der Waals surface area contributed by atoms with Crippen molar-refractivity contribution in [1.29, 1.82) is 0 Å². The van der Waals surface area contributed by atoms with Gasteiger partial charge < -0.3 is 23.7 Å². The van der Waals surface area contributed by atoms with Crippen LogP contribution in [0.25, 0.3) is 0 Å². The van der Waals surface area contributed by atoms with Gasteiger partial charge in [0.25, 0.3) is 5.91 Å². The number of rotatable bonds is 9. The number of ketones is 1. The number of nitrogens with zero attached hydrogens (tertiary/aromatic N) is 2. The van der Waals surface area contributed by atoms with Crippen LogP contribution in [-0.4, -0.2) is 67.1 Å². The van der Waals surface area contributed by atoms with Crippen molar-refractivity contribution in [1.82, 2.24) is 9.47 Å². The van der Waals surface area contributed by atoms with Crippen LogP contribution < -0.4 is 4.74 Å². The molecular formula is C25H32N2O6. The highest BCUT2D eigenvalue weighted by Crippen LogP contribution is 2.25. The smallest absolute Gasteiger partial charge is 0.354 e. The van der Waals surface area contributed by atoms with E-state index in [0.717, 1.165) is 12.8 Å². The van der Waals surface area contributed by atoms with Gasteiger partial charge in [0, 0.05) is 36.5 Å². The zero-order chi connectivity index (χ0) is 24.1. The topological polar surface area (TPSA) is 87.1 Å². The first-order chi connectivity index (χ1) is 15.8. The van der Waals surface area contributed by atoms with Gasteiger partial charge in [-0.15, -0.1) is 0 Å². The molecule has 1 aliphatic rings. The molecule has 1 saturated heterocycles. The predicted octanol–water partition coefficient (Wildman–Crippen LogP) is 3.42. The van der Waals surface area contributed by atoms with Gasteiger partial charge in [-0.2, -0.15) is 0 Å². The summed E-state index contributed by atoms with van der Waals surface area (Å²) >= 11 is 0. The molecule has 2 heterocycles. The van der Waals surface area contributed by atoms with Crippen LogP contribution in [-0.2, 0) is 16.0 Å². The monoisotopic (exact) mass is 456 g/mol. The first-order valence-corrected chi connectivity index (χ1v) is 11.2. The number of benzene rings is 1. The second-order valence-electron chi connectivity index (χ2n) is 8.15. The van der Waals surface area contributed by atoms with Gasteiger partial charge in [0.2, 0.25) is 0 Å². The fourth-order valence-electron chi connectivity index (χ4n) is 4.51. The van der Waals surface area contributed by atoms with Crippen molar-refractivity contribution < 1.29 is 28.6 Å². The van der Waals surface area contributed by atoms with Crippen LogP contribution in [0.1, 0.15) is 62.2 Å². The highest BCUT2D eigenvalue weighted by atomic mass is 16.5. The maximum absolute atomic E-state index is 13.5. The number of ether oxygens (including phenoxy) is 3. The molecule has 1 aromatic heterocycles. The molecule has 1 fully saturated rings. The van der Waals surface area contributed by atoms with Gasteiger partial charge in [-0.05, 0) is 57.4 Å². The van der Waals surface area contributed by atoms with Gasteiger partial charge in [-0.1, -0.05) is 6.07 Å². The fourth-order valence-corrected chi connectivity index (χ4v) is 4.51. The Labute approximate surface area is 194 Å². The number of hydrogen-bond donors (Lipinski definition) is 0. The van der Waals surface area contributed by atoms with E-state index in [0.29, 0.717) is 53.5 Å². The molecule has 1 aromatic carbocycles. The molecule has 0 saturated carbocycles. The second-order valence-corrected chi connectivity index (χ2v) is 8.15. The molecule has 3 rings (SSSR count). The van der Waals surface area contributed by atoms with Gasteiger partial charge in [0.15, 0.2) is 5.78 Å². The summed E-state index contributed by atoms with van der Waals surface area (Å²) in [6, 6.07) is 6.88. The molecule has 1 unspecified atom stereocenters. The largest absolute Gasteiger partial charge is 0.497 e. The fraction of sp³-hybridized carbons (Fsp3) is 0.480. The molecule has 0 aliphatic carbocycles. The van der Waals surface area contributed by atoms with Crippen LogP contribution in [0.4, 0.5) is 0 Å². The zero-order valence-electron chi connectivity index (χ0n) is 20.0. The van der Waals surface area contributed by atoms with E-state index in [1.54, 1.807) is 42.9 Å². The van der Waals surface area contributed by atoms with Crippen molar-refractivity contribution in [2.75, 3.05) is 33.9 Å². The van der Waals surface area contributed by atoms with E-state index in [9.17, 15) is 14.4 Å². The maximum atomic E-state index is 13.5. The molecular weight excluding hydrogens is 424 g/mol. The summed E-state index contributed by atoms with van der Waals surface area (Å²) in [5.74, 6) is -0.411. The van der Waals surface area contributed by atoms with E-state index in [2.05, 4.69) is 0 Å². The summed E-state index contributed by atoms with van der Waals surface area (Å²) in [5.41, 5.74) is 2.51. The maximum Gasteiger partial charge on any atom is 0.354 e. The Bertz CT molecular complexity index is 1040. The summed E-state index contributed by atoms with van der Waals surface area (Å²) in [4.78, 5) is 40.8. The highest BCUT2D eigenvalue weighted by molar-refractivity contribution is 6.06. The number of methoxy groups -OCH3 is 2. The van der Waals surface area contributed by atoms with Gasteiger partial charge in [0.1, 0.15) is 11.4 Å². The number of hydrogen-bond acceptors (Lipinski definition) is 6. The van der Waals surface area contributed by atoms with E-state index in [-0.39, 0.29) is 24.3 Å². The van der Waals surface area contributed by atoms with Gasteiger partial charge >= 0.3 is 5.97 Å². The molecule has 0 N–H and O–H groups in total.